The Balaban J connectivity index is 1.79. The number of rotatable bonds is 5. The van der Waals surface area contributed by atoms with Crippen molar-refractivity contribution in [3.05, 3.63) is 34.0 Å². The van der Waals surface area contributed by atoms with E-state index < -0.39 is 24.0 Å². The number of nitrogens with one attached hydrogen (secondary N) is 2. The summed E-state index contributed by atoms with van der Waals surface area (Å²) in [5.41, 5.74) is 0.510. The Morgan fingerprint density at radius 1 is 1.21 bits per heavy atom. The van der Waals surface area contributed by atoms with Crippen molar-refractivity contribution in [1.82, 2.24) is 10.6 Å². The van der Waals surface area contributed by atoms with Gasteiger partial charge in [0, 0.05) is 6.42 Å². The summed E-state index contributed by atoms with van der Waals surface area (Å²) >= 11 is 6.20. The summed E-state index contributed by atoms with van der Waals surface area (Å²) in [7, 11) is 0. The van der Waals surface area contributed by atoms with Gasteiger partial charge in [-0.2, -0.15) is 0 Å². The molecule has 1 atom stereocenters. The lowest BCUT2D eigenvalue weighted by Gasteiger charge is -2.26. The topological polar surface area (TPSA) is 112 Å². The van der Waals surface area contributed by atoms with Gasteiger partial charge >= 0.3 is 18.0 Å². The van der Waals surface area contributed by atoms with Crippen LogP contribution in [-0.4, -0.2) is 50.4 Å². The maximum absolute atomic E-state index is 12.5. The molecule has 156 valence electrons. The standard InChI is InChI=1S/C19H21ClN2O7/c1-3-26-18(24)15-10(2)21-19(25)22-13(15)9-29-17(23)11-7-12(20)16-14(8-11)27-5-4-6-28-16/h7-8,10H,3-6,9H2,1-2H3,(H2,21,22,25)/t10-/m1/s1. The first-order chi connectivity index (χ1) is 13.9. The highest BCUT2D eigenvalue weighted by Gasteiger charge is 2.30. The minimum atomic E-state index is -0.696. The summed E-state index contributed by atoms with van der Waals surface area (Å²) in [4.78, 5) is 36.5. The van der Waals surface area contributed by atoms with Crippen molar-refractivity contribution in [2.75, 3.05) is 26.4 Å². The van der Waals surface area contributed by atoms with Gasteiger partial charge in [-0.1, -0.05) is 11.6 Å². The molecule has 0 aliphatic carbocycles. The molecule has 0 spiro atoms. The zero-order chi connectivity index (χ0) is 21.0. The van der Waals surface area contributed by atoms with Gasteiger partial charge in [0.05, 0.1) is 47.7 Å². The van der Waals surface area contributed by atoms with E-state index in [2.05, 4.69) is 10.6 Å². The van der Waals surface area contributed by atoms with E-state index in [1.165, 1.54) is 12.1 Å². The minimum absolute atomic E-state index is 0.158. The predicted octanol–water partition coefficient (Wildman–Crippen LogP) is 2.18. The zero-order valence-corrected chi connectivity index (χ0v) is 16.8. The quantitative estimate of drug-likeness (QED) is 0.696. The molecule has 0 unspecified atom stereocenters. The van der Waals surface area contributed by atoms with Gasteiger partial charge in [0.1, 0.15) is 6.61 Å². The van der Waals surface area contributed by atoms with Crippen LogP contribution in [0, 0.1) is 0 Å². The Morgan fingerprint density at radius 3 is 2.72 bits per heavy atom. The Labute approximate surface area is 172 Å². The first-order valence-corrected chi connectivity index (χ1v) is 9.52. The van der Waals surface area contributed by atoms with E-state index in [1.807, 2.05) is 0 Å². The number of hydrogen-bond acceptors (Lipinski definition) is 7. The summed E-state index contributed by atoms with van der Waals surface area (Å²) in [5.74, 6) is -0.555. The fraction of sp³-hybridized carbons (Fsp3) is 0.421. The zero-order valence-electron chi connectivity index (χ0n) is 16.0. The lowest BCUT2D eigenvalue weighted by atomic mass is 10.0. The van der Waals surface area contributed by atoms with Crippen molar-refractivity contribution >= 4 is 29.6 Å². The minimum Gasteiger partial charge on any atom is -0.489 e. The van der Waals surface area contributed by atoms with Gasteiger partial charge in [-0.25, -0.2) is 14.4 Å². The second-order valence-electron chi connectivity index (χ2n) is 6.34. The van der Waals surface area contributed by atoms with Crippen LogP contribution in [0.1, 0.15) is 30.6 Å². The number of carbonyl (C=O) groups is 3. The number of carbonyl (C=O) groups excluding carboxylic acids is 3. The van der Waals surface area contributed by atoms with Gasteiger partial charge in [-0.15, -0.1) is 0 Å². The number of amides is 2. The highest BCUT2D eigenvalue weighted by molar-refractivity contribution is 6.32. The summed E-state index contributed by atoms with van der Waals surface area (Å²) in [5, 5.41) is 5.29. The highest BCUT2D eigenvalue weighted by atomic mass is 35.5. The average molecular weight is 425 g/mol. The molecule has 2 N–H and O–H groups in total. The maximum atomic E-state index is 12.5. The van der Waals surface area contributed by atoms with Crippen molar-refractivity contribution in [3.63, 3.8) is 0 Å². The van der Waals surface area contributed by atoms with Crippen LogP contribution in [-0.2, 0) is 14.3 Å². The first-order valence-electron chi connectivity index (χ1n) is 9.14. The number of halogens is 1. The number of urea groups is 1. The van der Waals surface area contributed by atoms with Gasteiger partial charge < -0.3 is 29.6 Å². The van der Waals surface area contributed by atoms with Gasteiger partial charge in [0.25, 0.3) is 0 Å². The molecule has 1 aromatic carbocycles. The van der Waals surface area contributed by atoms with Crippen LogP contribution < -0.4 is 20.1 Å². The van der Waals surface area contributed by atoms with E-state index in [4.69, 9.17) is 30.5 Å². The smallest absolute Gasteiger partial charge is 0.338 e. The first kappa shape index (κ1) is 20.8. The van der Waals surface area contributed by atoms with Gasteiger partial charge in [-0.3, -0.25) is 0 Å². The fourth-order valence-electron chi connectivity index (χ4n) is 2.96. The molecule has 9 nitrogen and oxygen atoms in total. The van der Waals surface area contributed by atoms with Crippen LogP contribution >= 0.6 is 11.6 Å². The lowest BCUT2D eigenvalue weighted by molar-refractivity contribution is -0.139. The van der Waals surface area contributed by atoms with Crippen molar-refractivity contribution in [2.24, 2.45) is 0 Å². The molecule has 0 saturated carbocycles. The number of fused-ring (bicyclic) bond motifs is 1. The summed E-state index contributed by atoms with van der Waals surface area (Å²) in [6.45, 7) is 4.06. The molecule has 2 heterocycles. The fourth-order valence-corrected chi connectivity index (χ4v) is 3.23. The van der Waals surface area contributed by atoms with E-state index in [0.717, 1.165) is 0 Å². The Bertz CT molecular complexity index is 868. The molecule has 1 aromatic rings. The van der Waals surface area contributed by atoms with E-state index >= 15 is 0 Å². The largest absolute Gasteiger partial charge is 0.489 e. The lowest BCUT2D eigenvalue weighted by Crippen LogP contribution is -2.50. The molecule has 0 radical (unpaired) electrons. The monoisotopic (exact) mass is 424 g/mol. The van der Waals surface area contributed by atoms with Gasteiger partial charge in [0.2, 0.25) is 0 Å². The molecule has 2 amide bonds. The summed E-state index contributed by atoms with van der Waals surface area (Å²) in [6, 6.07) is 1.81. The molecule has 0 fully saturated rings. The molecular weight excluding hydrogens is 404 g/mol. The second kappa shape index (κ2) is 9.04. The van der Waals surface area contributed by atoms with Crippen LogP contribution in [0.15, 0.2) is 23.4 Å². The van der Waals surface area contributed by atoms with Crippen LogP contribution in [0.3, 0.4) is 0 Å². The molecule has 10 heteroatoms. The van der Waals surface area contributed by atoms with Crippen molar-refractivity contribution < 1.29 is 33.3 Å². The molecule has 29 heavy (non-hydrogen) atoms. The van der Waals surface area contributed by atoms with Crippen LogP contribution in [0.5, 0.6) is 11.5 Å². The molecule has 2 aliphatic rings. The third-order valence-electron chi connectivity index (χ3n) is 4.25. The molecule has 0 saturated heterocycles. The third kappa shape index (κ3) is 4.73. The molecule has 0 aromatic heterocycles. The Hall–Kier alpha value is -2.94. The van der Waals surface area contributed by atoms with E-state index in [9.17, 15) is 14.4 Å². The molecule has 2 aliphatic heterocycles. The van der Waals surface area contributed by atoms with Crippen molar-refractivity contribution in [2.45, 2.75) is 26.3 Å². The maximum Gasteiger partial charge on any atom is 0.338 e. The SMILES string of the molecule is CCOC(=O)C1=C(COC(=O)c2cc(Cl)c3c(c2)OCCCO3)NC(=O)N[C@@H]1C. The number of ether oxygens (including phenoxy) is 4. The molecule has 3 rings (SSSR count). The van der Waals surface area contributed by atoms with Gasteiger partial charge in [0.15, 0.2) is 11.5 Å². The molecular formula is C19H21ClN2O7. The number of benzene rings is 1. The summed E-state index contributed by atoms with van der Waals surface area (Å²) < 4.78 is 21.4. The number of hydrogen-bond donors (Lipinski definition) is 2. The predicted molar refractivity (Wildman–Crippen MR) is 102 cm³/mol. The molecule has 0 bridgehead atoms. The van der Waals surface area contributed by atoms with E-state index in [-0.39, 0.29) is 35.1 Å². The summed E-state index contributed by atoms with van der Waals surface area (Å²) in [6.07, 6.45) is 0.696. The van der Waals surface area contributed by atoms with E-state index in [0.29, 0.717) is 31.1 Å². The van der Waals surface area contributed by atoms with Crippen molar-refractivity contribution in [3.8, 4) is 11.5 Å². The number of esters is 2. The Kier molecular flexibility index (Phi) is 6.48. The Morgan fingerprint density at radius 2 is 1.97 bits per heavy atom. The average Bonchev–Trinajstić information content (AvgIpc) is 2.91. The van der Waals surface area contributed by atoms with E-state index in [1.54, 1.807) is 13.8 Å². The van der Waals surface area contributed by atoms with Crippen molar-refractivity contribution in [1.29, 1.82) is 0 Å². The third-order valence-corrected chi connectivity index (χ3v) is 4.53. The normalized spacial score (nSPS) is 18.3. The van der Waals surface area contributed by atoms with Crippen LogP contribution in [0.4, 0.5) is 4.79 Å². The highest BCUT2D eigenvalue weighted by Crippen LogP contribution is 2.38. The van der Waals surface area contributed by atoms with Crippen LogP contribution in [0.2, 0.25) is 5.02 Å². The second-order valence-corrected chi connectivity index (χ2v) is 6.75. The van der Waals surface area contributed by atoms with Gasteiger partial charge in [-0.05, 0) is 26.0 Å². The van der Waals surface area contributed by atoms with Crippen LogP contribution in [0.25, 0.3) is 0 Å².